The first kappa shape index (κ1) is 14.5. The van der Waals surface area contributed by atoms with Gasteiger partial charge in [-0.05, 0) is 18.1 Å². The number of aromatic nitrogens is 2. The van der Waals surface area contributed by atoms with Gasteiger partial charge in [-0.3, -0.25) is 0 Å². The number of rotatable bonds is 7. The predicted octanol–water partition coefficient (Wildman–Crippen LogP) is 2.54. The van der Waals surface area contributed by atoms with Gasteiger partial charge in [-0.1, -0.05) is 35.5 Å². The molecule has 1 aromatic carbocycles. The van der Waals surface area contributed by atoms with Crippen molar-refractivity contribution in [3.8, 4) is 11.4 Å². The minimum atomic E-state index is 0.0375. The number of hydrogen-bond donors (Lipinski definition) is 2. The van der Waals surface area contributed by atoms with E-state index >= 15 is 0 Å². The number of nitrogens with one attached hydrogen (secondary N) is 1. The van der Waals surface area contributed by atoms with E-state index in [-0.39, 0.29) is 12.6 Å². The number of aliphatic hydroxyl groups is 1. The zero-order valence-electron chi connectivity index (χ0n) is 12.0. The molecule has 0 radical (unpaired) electrons. The first-order valence-corrected chi connectivity index (χ1v) is 7.11. The Morgan fingerprint density at radius 1 is 1.18 bits per heavy atom. The normalized spacial score (nSPS) is 12.4. The second kappa shape index (κ2) is 7.02. The first-order chi connectivity index (χ1) is 10.9. The molecule has 22 heavy (non-hydrogen) atoms. The maximum absolute atomic E-state index is 9.22. The van der Waals surface area contributed by atoms with Crippen LogP contribution >= 0.6 is 0 Å². The molecule has 0 aliphatic carbocycles. The molecule has 1 atom stereocenters. The van der Waals surface area contributed by atoms with Crippen LogP contribution in [0.25, 0.3) is 11.4 Å². The zero-order chi connectivity index (χ0) is 15.2. The summed E-state index contributed by atoms with van der Waals surface area (Å²) in [6, 6.07) is 11.8. The molecule has 1 unspecified atom stereocenters. The molecule has 3 rings (SSSR count). The third kappa shape index (κ3) is 3.41. The van der Waals surface area contributed by atoms with Gasteiger partial charge in [0.05, 0.1) is 18.4 Å². The Labute approximate surface area is 127 Å². The monoisotopic (exact) mass is 299 g/mol. The van der Waals surface area contributed by atoms with Crippen LogP contribution in [0.4, 0.5) is 0 Å². The number of aliphatic hydroxyl groups excluding tert-OH is 1. The van der Waals surface area contributed by atoms with Crippen LogP contribution in [-0.2, 0) is 6.54 Å². The highest BCUT2D eigenvalue weighted by molar-refractivity contribution is 5.51. The van der Waals surface area contributed by atoms with Crippen molar-refractivity contribution in [3.05, 3.63) is 60.4 Å². The third-order valence-electron chi connectivity index (χ3n) is 3.37. The van der Waals surface area contributed by atoms with E-state index in [2.05, 4.69) is 15.5 Å². The molecule has 0 aliphatic rings. The van der Waals surface area contributed by atoms with Gasteiger partial charge in [0.2, 0.25) is 11.7 Å². The van der Waals surface area contributed by atoms with Crippen molar-refractivity contribution in [2.75, 3.05) is 6.61 Å². The van der Waals surface area contributed by atoms with Crippen molar-refractivity contribution in [2.45, 2.75) is 19.0 Å². The zero-order valence-corrected chi connectivity index (χ0v) is 12.0. The minimum absolute atomic E-state index is 0.0375. The molecule has 3 aromatic rings. The summed E-state index contributed by atoms with van der Waals surface area (Å²) >= 11 is 0. The molecule has 2 N–H and O–H groups in total. The van der Waals surface area contributed by atoms with Crippen molar-refractivity contribution in [2.24, 2.45) is 0 Å². The fourth-order valence-electron chi connectivity index (χ4n) is 2.25. The molecule has 0 saturated heterocycles. The molecule has 2 heterocycles. The van der Waals surface area contributed by atoms with Gasteiger partial charge < -0.3 is 19.4 Å². The Bertz CT molecular complexity index is 680. The van der Waals surface area contributed by atoms with Crippen molar-refractivity contribution in [1.82, 2.24) is 15.5 Å². The van der Waals surface area contributed by atoms with E-state index in [1.54, 1.807) is 18.6 Å². The lowest BCUT2D eigenvalue weighted by Gasteiger charge is -2.16. The Hall–Kier alpha value is -2.44. The average molecular weight is 299 g/mol. The molecule has 6 nitrogen and oxygen atoms in total. The van der Waals surface area contributed by atoms with Crippen LogP contribution in [0.3, 0.4) is 0 Å². The SMILES string of the molecule is OCCC(NCc1nc(-c2ccoc2)no1)c1ccccc1. The summed E-state index contributed by atoms with van der Waals surface area (Å²) in [7, 11) is 0. The molecule has 2 aromatic heterocycles. The van der Waals surface area contributed by atoms with Crippen LogP contribution in [0.5, 0.6) is 0 Å². The summed E-state index contributed by atoms with van der Waals surface area (Å²) < 4.78 is 10.2. The van der Waals surface area contributed by atoms with Crippen LogP contribution in [-0.4, -0.2) is 21.9 Å². The van der Waals surface area contributed by atoms with Gasteiger partial charge >= 0.3 is 0 Å². The van der Waals surface area contributed by atoms with E-state index in [0.29, 0.717) is 24.7 Å². The van der Waals surface area contributed by atoms with Gasteiger partial charge in [0.25, 0.3) is 0 Å². The van der Waals surface area contributed by atoms with Crippen molar-refractivity contribution >= 4 is 0 Å². The molecule has 0 fully saturated rings. The quantitative estimate of drug-likeness (QED) is 0.697. The molecule has 0 saturated carbocycles. The molecule has 0 bridgehead atoms. The van der Waals surface area contributed by atoms with Gasteiger partial charge in [-0.2, -0.15) is 4.98 Å². The van der Waals surface area contributed by atoms with E-state index in [9.17, 15) is 5.11 Å². The van der Waals surface area contributed by atoms with E-state index in [4.69, 9.17) is 8.94 Å². The Balaban J connectivity index is 1.65. The number of benzene rings is 1. The highest BCUT2D eigenvalue weighted by atomic mass is 16.5. The lowest BCUT2D eigenvalue weighted by Crippen LogP contribution is -2.22. The molecule has 0 aliphatic heterocycles. The topological polar surface area (TPSA) is 84.3 Å². The van der Waals surface area contributed by atoms with E-state index in [0.717, 1.165) is 11.1 Å². The summed E-state index contributed by atoms with van der Waals surface area (Å²) in [5.41, 5.74) is 1.90. The smallest absolute Gasteiger partial charge is 0.240 e. The van der Waals surface area contributed by atoms with E-state index in [1.165, 1.54) is 0 Å². The van der Waals surface area contributed by atoms with Crippen LogP contribution in [0.15, 0.2) is 57.9 Å². The average Bonchev–Trinajstić information content (AvgIpc) is 3.23. The Morgan fingerprint density at radius 3 is 2.77 bits per heavy atom. The standard InChI is InChI=1S/C16H17N3O3/c20-8-6-14(12-4-2-1-3-5-12)17-10-15-18-16(19-22-15)13-7-9-21-11-13/h1-5,7,9,11,14,17,20H,6,8,10H2. The molecule has 6 heteroatoms. The lowest BCUT2D eigenvalue weighted by atomic mass is 10.0. The maximum Gasteiger partial charge on any atom is 0.240 e. The van der Waals surface area contributed by atoms with Crippen LogP contribution in [0, 0.1) is 0 Å². The molecular weight excluding hydrogens is 282 g/mol. The van der Waals surface area contributed by atoms with Crippen molar-refractivity contribution in [3.63, 3.8) is 0 Å². The lowest BCUT2D eigenvalue weighted by molar-refractivity contribution is 0.261. The van der Waals surface area contributed by atoms with Gasteiger partial charge in [0, 0.05) is 12.6 Å². The first-order valence-electron chi connectivity index (χ1n) is 7.11. The number of hydrogen-bond acceptors (Lipinski definition) is 6. The number of nitrogens with zero attached hydrogens (tertiary/aromatic N) is 2. The summed E-state index contributed by atoms with van der Waals surface area (Å²) in [6.07, 6.45) is 3.75. The van der Waals surface area contributed by atoms with Gasteiger partial charge in [0.15, 0.2) is 0 Å². The van der Waals surface area contributed by atoms with Crippen LogP contribution < -0.4 is 5.32 Å². The highest BCUT2D eigenvalue weighted by Crippen LogP contribution is 2.18. The summed E-state index contributed by atoms with van der Waals surface area (Å²) in [5, 5.41) is 16.5. The summed E-state index contributed by atoms with van der Waals surface area (Å²) in [6.45, 7) is 0.543. The van der Waals surface area contributed by atoms with E-state index in [1.807, 2.05) is 30.3 Å². The largest absolute Gasteiger partial charge is 0.472 e. The van der Waals surface area contributed by atoms with Crippen molar-refractivity contribution in [1.29, 1.82) is 0 Å². The Morgan fingerprint density at radius 2 is 2.05 bits per heavy atom. The molecular formula is C16H17N3O3. The second-order valence-electron chi connectivity index (χ2n) is 4.88. The predicted molar refractivity (Wildman–Crippen MR) is 79.7 cm³/mol. The minimum Gasteiger partial charge on any atom is -0.472 e. The van der Waals surface area contributed by atoms with E-state index < -0.39 is 0 Å². The van der Waals surface area contributed by atoms with Crippen LogP contribution in [0.1, 0.15) is 23.9 Å². The number of furan rings is 1. The van der Waals surface area contributed by atoms with Gasteiger partial charge in [-0.15, -0.1) is 0 Å². The second-order valence-corrected chi connectivity index (χ2v) is 4.88. The fraction of sp³-hybridized carbons (Fsp3) is 0.250. The molecule has 0 amide bonds. The summed E-state index contributed by atoms with van der Waals surface area (Å²) in [5.74, 6) is 0.999. The molecule has 0 spiro atoms. The third-order valence-corrected chi connectivity index (χ3v) is 3.37. The van der Waals surface area contributed by atoms with Gasteiger partial charge in [0.1, 0.15) is 6.26 Å². The van der Waals surface area contributed by atoms with Crippen molar-refractivity contribution < 1.29 is 14.0 Å². The summed E-state index contributed by atoms with van der Waals surface area (Å²) in [4.78, 5) is 4.32. The molecule has 114 valence electrons. The fourth-order valence-corrected chi connectivity index (χ4v) is 2.25. The Kier molecular flexibility index (Phi) is 4.62. The van der Waals surface area contributed by atoms with Gasteiger partial charge in [-0.25, -0.2) is 0 Å². The maximum atomic E-state index is 9.22. The van der Waals surface area contributed by atoms with Crippen LogP contribution in [0.2, 0.25) is 0 Å². The highest BCUT2D eigenvalue weighted by Gasteiger charge is 2.13.